The molecule has 3 heteroatoms. The summed E-state index contributed by atoms with van der Waals surface area (Å²) in [6.45, 7) is 7.49. The lowest BCUT2D eigenvalue weighted by Gasteiger charge is -2.18. The number of esters is 1. The van der Waals surface area contributed by atoms with Gasteiger partial charge in [-0.25, -0.2) is 0 Å². The number of unbranched alkanes of at least 4 members (excludes halogenated alkanes) is 1. The van der Waals surface area contributed by atoms with Crippen molar-refractivity contribution in [3.8, 4) is 0 Å². The molecule has 0 saturated carbocycles. The van der Waals surface area contributed by atoms with Crippen LogP contribution in [0.5, 0.6) is 0 Å². The van der Waals surface area contributed by atoms with E-state index in [2.05, 4.69) is 23.9 Å². The highest BCUT2D eigenvalue weighted by molar-refractivity contribution is 5.69. The largest absolute Gasteiger partial charge is 0.469 e. The first-order valence-electron chi connectivity index (χ1n) is 6.44. The van der Waals surface area contributed by atoms with E-state index in [-0.39, 0.29) is 12.0 Å². The van der Waals surface area contributed by atoms with Gasteiger partial charge in [0.05, 0.1) is 13.5 Å². The van der Waals surface area contributed by atoms with E-state index in [0.29, 0.717) is 6.42 Å². The molecule has 0 bridgehead atoms. The van der Waals surface area contributed by atoms with E-state index in [0.717, 1.165) is 12.5 Å². The van der Waals surface area contributed by atoms with Crippen LogP contribution in [-0.2, 0) is 9.53 Å². The van der Waals surface area contributed by atoms with E-state index in [1.165, 1.54) is 32.8 Å². The van der Waals surface area contributed by atoms with Gasteiger partial charge < -0.3 is 10.1 Å². The number of ether oxygens (including phenoxy) is 1. The maximum Gasteiger partial charge on any atom is 0.307 e. The highest BCUT2D eigenvalue weighted by Crippen LogP contribution is 2.11. The molecule has 0 heterocycles. The quantitative estimate of drug-likeness (QED) is 0.618. The minimum absolute atomic E-state index is 0.137. The molecule has 3 nitrogen and oxygen atoms in total. The zero-order valence-electron chi connectivity index (χ0n) is 11.2. The molecule has 0 saturated heterocycles. The standard InChI is InChI=1S/C13H27NO2/c1-5-7-8-12(6-2)10-14-11(3)9-13(15)16-4/h11-12,14H,5-10H2,1-4H3. The molecule has 2 unspecified atom stereocenters. The predicted octanol–water partition coefficient (Wildman–Crippen LogP) is 2.74. The Labute approximate surface area is 99.9 Å². The summed E-state index contributed by atoms with van der Waals surface area (Å²) in [5, 5.41) is 3.41. The number of nitrogens with one attached hydrogen (secondary N) is 1. The minimum atomic E-state index is -0.137. The van der Waals surface area contributed by atoms with Crippen molar-refractivity contribution in [3.05, 3.63) is 0 Å². The molecule has 0 rings (SSSR count). The lowest BCUT2D eigenvalue weighted by Crippen LogP contribution is -2.33. The summed E-state index contributed by atoms with van der Waals surface area (Å²) in [5.41, 5.74) is 0. The van der Waals surface area contributed by atoms with Crippen LogP contribution in [0.15, 0.2) is 0 Å². The van der Waals surface area contributed by atoms with Crippen LogP contribution in [-0.4, -0.2) is 25.7 Å². The van der Waals surface area contributed by atoms with Gasteiger partial charge in [-0.3, -0.25) is 4.79 Å². The molecule has 1 N–H and O–H groups in total. The summed E-state index contributed by atoms with van der Waals surface area (Å²) in [5.74, 6) is 0.599. The first kappa shape index (κ1) is 15.4. The van der Waals surface area contributed by atoms with Crippen LogP contribution in [0, 0.1) is 5.92 Å². The summed E-state index contributed by atoms with van der Waals surface area (Å²) in [7, 11) is 1.44. The van der Waals surface area contributed by atoms with Gasteiger partial charge in [-0.15, -0.1) is 0 Å². The molecule has 0 fully saturated rings. The van der Waals surface area contributed by atoms with Gasteiger partial charge in [0.1, 0.15) is 0 Å². The van der Waals surface area contributed by atoms with Gasteiger partial charge >= 0.3 is 5.97 Å². The van der Waals surface area contributed by atoms with E-state index in [9.17, 15) is 4.79 Å². The van der Waals surface area contributed by atoms with E-state index >= 15 is 0 Å². The fourth-order valence-corrected chi connectivity index (χ4v) is 1.72. The Morgan fingerprint density at radius 3 is 2.56 bits per heavy atom. The summed E-state index contributed by atoms with van der Waals surface area (Å²) < 4.78 is 4.64. The van der Waals surface area contributed by atoms with Crippen LogP contribution in [0.1, 0.15) is 52.9 Å². The third kappa shape index (κ3) is 7.69. The Morgan fingerprint density at radius 2 is 2.06 bits per heavy atom. The van der Waals surface area contributed by atoms with Crippen LogP contribution >= 0.6 is 0 Å². The van der Waals surface area contributed by atoms with Crippen LogP contribution in [0.2, 0.25) is 0 Å². The van der Waals surface area contributed by atoms with Gasteiger partial charge in [-0.1, -0.05) is 33.1 Å². The molecule has 96 valence electrons. The van der Waals surface area contributed by atoms with E-state index in [4.69, 9.17) is 0 Å². The topological polar surface area (TPSA) is 38.3 Å². The van der Waals surface area contributed by atoms with Crippen LogP contribution in [0.25, 0.3) is 0 Å². The Morgan fingerprint density at radius 1 is 1.38 bits per heavy atom. The number of carbonyl (C=O) groups is 1. The molecule has 0 radical (unpaired) electrons. The summed E-state index contributed by atoms with van der Waals surface area (Å²) in [6.07, 6.45) is 5.50. The highest BCUT2D eigenvalue weighted by atomic mass is 16.5. The monoisotopic (exact) mass is 229 g/mol. The highest BCUT2D eigenvalue weighted by Gasteiger charge is 2.11. The van der Waals surface area contributed by atoms with Crippen LogP contribution in [0.4, 0.5) is 0 Å². The van der Waals surface area contributed by atoms with Crippen molar-refractivity contribution >= 4 is 5.97 Å². The average Bonchev–Trinajstić information content (AvgIpc) is 2.29. The molecule has 0 amide bonds. The molecule has 0 aromatic heterocycles. The van der Waals surface area contributed by atoms with Gasteiger partial charge in [-0.05, 0) is 25.8 Å². The van der Waals surface area contributed by atoms with Gasteiger partial charge in [-0.2, -0.15) is 0 Å². The lowest BCUT2D eigenvalue weighted by atomic mass is 9.99. The summed E-state index contributed by atoms with van der Waals surface area (Å²) >= 11 is 0. The van der Waals surface area contributed by atoms with Crippen molar-refractivity contribution in [1.82, 2.24) is 5.32 Å². The fraction of sp³-hybridized carbons (Fsp3) is 0.923. The Hall–Kier alpha value is -0.570. The van der Waals surface area contributed by atoms with Gasteiger partial charge in [0.2, 0.25) is 0 Å². The molecule has 0 aliphatic heterocycles. The van der Waals surface area contributed by atoms with Crippen molar-refractivity contribution < 1.29 is 9.53 Å². The van der Waals surface area contributed by atoms with Crippen molar-refractivity contribution in [3.63, 3.8) is 0 Å². The predicted molar refractivity (Wildman–Crippen MR) is 67.4 cm³/mol. The third-order valence-electron chi connectivity index (χ3n) is 3.00. The molecular formula is C13H27NO2. The van der Waals surface area contributed by atoms with Gasteiger partial charge in [0.15, 0.2) is 0 Å². The maximum absolute atomic E-state index is 11.0. The Balaban J connectivity index is 3.69. The SMILES string of the molecule is CCCCC(CC)CNC(C)CC(=O)OC. The first-order chi connectivity index (χ1) is 7.63. The normalized spacial score (nSPS) is 14.5. The maximum atomic E-state index is 11.0. The average molecular weight is 229 g/mol. The zero-order chi connectivity index (χ0) is 12.4. The number of methoxy groups -OCH3 is 1. The number of carbonyl (C=O) groups excluding carboxylic acids is 1. The zero-order valence-corrected chi connectivity index (χ0v) is 11.2. The van der Waals surface area contributed by atoms with Crippen LogP contribution in [0.3, 0.4) is 0 Å². The van der Waals surface area contributed by atoms with Gasteiger partial charge in [0.25, 0.3) is 0 Å². The van der Waals surface area contributed by atoms with E-state index in [1.54, 1.807) is 0 Å². The summed E-state index contributed by atoms with van der Waals surface area (Å²) in [4.78, 5) is 11.0. The smallest absolute Gasteiger partial charge is 0.307 e. The van der Waals surface area contributed by atoms with Gasteiger partial charge in [0, 0.05) is 6.04 Å². The van der Waals surface area contributed by atoms with Crippen molar-refractivity contribution in [2.24, 2.45) is 5.92 Å². The number of rotatable bonds is 9. The molecule has 0 aromatic rings. The minimum Gasteiger partial charge on any atom is -0.469 e. The first-order valence-corrected chi connectivity index (χ1v) is 6.44. The van der Waals surface area contributed by atoms with E-state index < -0.39 is 0 Å². The Kier molecular flexibility index (Phi) is 9.30. The van der Waals surface area contributed by atoms with Crippen molar-refractivity contribution in [2.45, 2.75) is 58.9 Å². The second-order valence-corrected chi connectivity index (χ2v) is 4.51. The molecular weight excluding hydrogens is 202 g/mol. The number of hydrogen-bond acceptors (Lipinski definition) is 3. The number of hydrogen-bond donors (Lipinski definition) is 1. The fourth-order valence-electron chi connectivity index (χ4n) is 1.72. The Bertz CT molecular complexity index is 183. The lowest BCUT2D eigenvalue weighted by molar-refractivity contribution is -0.141. The van der Waals surface area contributed by atoms with Crippen molar-refractivity contribution in [2.75, 3.05) is 13.7 Å². The third-order valence-corrected chi connectivity index (χ3v) is 3.00. The van der Waals surface area contributed by atoms with Crippen molar-refractivity contribution in [1.29, 1.82) is 0 Å². The summed E-state index contributed by atoms with van der Waals surface area (Å²) in [6, 6.07) is 0.211. The second-order valence-electron chi connectivity index (χ2n) is 4.51. The van der Waals surface area contributed by atoms with Crippen LogP contribution < -0.4 is 5.32 Å². The second kappa shape index (κ2) is 9.64. The molecule has 0 aliphatic carbocycles. The molecule has 0 aromatic carbocycles. The molecule has 0 spiro atoms. The molecule has 0 aliphatic rings. The molecule has 2 atom stereocenters. The molecule has 16 heavy (non-hydrogen) atoms. The van der Waals surface area contributed by atoms with E-state index in [1.807, 2.05) is 6.92 Å².